The lowest BCUT2D eigenvalue weighted by Gasteiger charge is -2.14. The van der Waals surface area contributed by atoms with Crippen molar-refractivity contribution in [3.63, 3.8) is 0 Å². The SMILES string of the molecule is c1ccc(-c2cc(-c3ccccc3)cc(-n3c4ccccc4c4c5occc5ccc43)c2)cc1.c1ccc(-c2ccc(-n3c4ccccc4c4c5occc5ccc43)cc2)cc1.c1ccc(-c2cccc(-n3c4ccccc4c4c5occc5ccc43)c2)cc1.c1ccc(-n2c3ccccc3c3c4occc4ccc32)cc1. The van der Waals surface area contributed by atoms with Crippen LogP contribution in [0.15, 0.2) is 431 Å². The molecule has 0 saturated heterocycles. The average Bonchev–Trinajstić information content (AvgIpc) is 1.59. The predicted molar refractivity (Wildman–Crippen MR) is 464 cm³/mol. The Balaban J connectivity index is 0.0000000952. The predicted octanol–water partition coefficient (Wildman–Crippen LogP) is 28.8. The smallest absolute Gasteiger partial charge is 0.143 e. The van der Waals surface area contributed by atoms with Crippen LogP contribution in [-0.4, -0.2) is 18.3 Å². The second kappa shape index (κ2) is 27.6. The van der Waals surface area contributed by atoms with Crippen LogP contribution in [0.2, 0.25) is 0 Å². The molecular weight excluding hydrogens is 1370 g/mol. The molecule has 0 N–H and O–H groups in total. The van der Waals surface area contributed by atoms with Gasteiger partial charge in [-0.2, -0.15) is 0 Å². The lowest BCUT2D eigenvalue weighted by atomic mass is 9.98. The third-order valence-corrected chi connectivity index (χ3v) is 21.9. The Bertz CT molecular complexity index is 7540. The van der Waals surface area contributed by atoms with E-state index in [0.29, 0.717) is 0 Å². The number of hydrogen-bond donors (Lipinski definition) is 0. The normalized spacial score (nSPS) is 11.6. The molecule has 0 aliphatic carbocycles. The highest BCUT2D eigenvalue weighted by Crippen LogP contribution is 2.44. The van der Waals surface area contributed by atoms with Gasteiger partial charge in [0.25, 0.3) is 0 Å². The highest BCUT2D eigenvalue weighted by molar-refractivity contribution is 6.23. The fourth-order valence-corrected chi connectivity index (χ4v) is 16.8. The monoisotopic (exact) mass is 1440 g/mol. The zero-order valence-electron chi connectivity index (χ0n) is 60.7. The van der Waals surface area contributed by atoms with Crippen LogP contribution >= 0.6 is 0 Å². The first kappa shape index (κ1) is 65.2. The van der Waals surface area contributed by atoms with Crippen molar-refractivity contribution in [3.8, 4) is 67.3 Å². The van der Waals surface area contributed by atoms with Gasteiger partial charge >= 0.3 is 0 Å². The van der Waals surface area contributed by atoms with Crippen LogP contribution in [0.1, 0.15) is 0 Å². The summed E-state index contributed by atoms with van der Waals surface area (Å²) in [5.74, 6) is 0. The molecule has 0 fully saturated rings. The average molecular weight is 1440 g/mol. The van der Waals surface area contributed by atoms with Gasteiger partial charge in [0.15, 0.2) is 0 Å². The standard InChI is InChI=1S/C32H21NO.2C26H17NO.C20H13NO/c1-3-9-22(10-4-1)25-19-26(23-11-5-2-6-12-23)21-27(20-25)33-29-14-8-7-13-28(29)31-30(33)16-15-24-17-18-34-32(24)31;1-2-7-18(8-3-1)20-9-6-10-21(17-20)27-23-12-5-4-11-22(23)25-24(27)14-13-19-15-16-28-26(19)25;1-2-6-18(7-3-1)19-10-13-21(14-11-19)27-23-9-5-4-8-22(23)25-24(27)15-12-20-16-17-28-26(20)25;1-2-6-15(7-3-1)21-17-9-5-4-8-16(17)19-18(21)11-10-14-12-13-22-20(14)19/h1-21H;2*1-17H;1-13H. The third-order valence-electron chi connectivity index (χ3n) is 21.9. The second-order valence-corrected chi connectivity index (χ2v) is 28.3. The van der Waals surface area contributed by atoms with E-state index in [2.05, 4.69) is 370 Å². The van der Waals surface area contributed by atoms with Crippen LogP contribution in [0, 0.1) is 0 Å². The highest BCUT2D eigenvalue weighted by atomic mass is 16.3. The molecule has 112 heavy (non-hydrogen) atoms. The summed E-state index contributed by atoms with van der Waals surface area (Å²) in [5.41, 5.74) is 27.5. The summed E-state index contributed by atoms with van der Waals surface area (Å²) in [6, 6.07) is 137. The van der Waals surface area contributed by atoms with E-state index in [1.165, 1.54) is 115 Å². The van der Waals surface area contributed by atoms with Crippen LogP contribution in [0.4, 0.5) is 0 Å². The molecule has 528 valence electrons. The van der Waals surface area contributed by atoms with Gasteiger partial charge in [0.1, 0.15) is 22.3 Å². The quantitative estimate of drug-likeness (QED) is 0.152. The number of hydrogen-bond acceptors (Lipinski definition) is 4. The van der Waals surface area contributed by atoms with E-state index in [0.717, 1.165) is 82.9 Å². The van der Waals surface area contributed by atoms with Gasteiger partial charge in [-0.15, -0.1) is 0 Å². The van der Waals surface area contributed by atoms with Crippen LogP contribution in [0.3, 0.4) is 0 Å². The summed E-state index contributed by atoms with van der Waals surface area (Å²) < 4.78 is 32.8. The second-order valence-electron chi connectivity index (χ2n) is 28.3. The van der Waals surface area contributed by atoms with Gasteiger partial charge in [-0.25, -0.2) is 0 Å². The van der Waals surface area contributed by atoms with Gasteiger partial charge in [0, 0.05) is 65.8 Å². The Morgan fingerprint density at radius 3 is 0.777 bits per heavy atom. The molecule has 0 radical (unpaired) electrons. The molecule has 24 aromatic rings. The number of benzene rings is 16. The van der Waals surface area contributed by atoms with Crippen molar-refractivity contribution in [2.24, 2.45) is 0 Å². The van der Waals surface area contributed by atoms with Gasteiger partial charge in [-0.1, -0.05) is 237 Å². The van der Waals surface area contributed by atoms with Crippen LogP contribution < -0.4 is 0 Å². The summed E-state index contributed by atoms with van der Waals surface area (Å²) in [5, 5.41) is 14.1. The van der Waals surface area contributed by atoms with Crippen molar-refractivity contribution in [2.45, 2.75) is 0 Å². The molecular formula is C104H68N4O4. The number of furan rings is 4. The number of fused-ring (bicyclic) bond motifs is 20. The number of aromatic nitrogens is 4. The molecule has 0 amide bonds. The van der Waals surface area contributed by atoms with E-state index in [-0.39, 0.29) is 0 Å². The molecule has 0 spiro atoms. The van der Waals surface area contributed by atoms with E-state index in [9.17, 15) is 0 Å². The molecule has 0 atom stereocenters. The van der Waals surface area contributed by atoms with Gasteiger partial charge in [-0.05, 0) is 196 Å². The first-order chi connectivity index (χ1) is 55.6. The Morgan fingerprint density at radius 2 is 0.411 bits per heavy atom. The minimum Gasteiger partial charge on any atom is -0.464 e. The molecule has 0 unspecified atom stereocenters. The fourth-order valence-electron chi connectivity index (χ4n) is 16.8. The number of para-hydroxylation sites is 5. The Labute approximate surface area is 643 Å². The minimum atomic E-state index is 0.940. The molecule has 16 aromatic carbocycles. The molecule has 8 nitrogen and oxygen atoms in total. The largest absolute Gasteiger partial charge is 0.464 e. The topological polar surface area (TPSA) is 72.3 Å². The zero-order valence-corrected chi connectivity index (χ0v) is 60.7. The molecule has 0 bridgehead atoms. The first-order valence-corrected chi connectivity index (χ1v) is 37.8. The molecule has 24 rings (SSSR count). The van der Waals surface area contributed by atoms with Crippen molar-refractivity contribution in [1.82, 2.24) is 18.3 Å². The summed E-state index contributed by atoms with van der Waals surface area (Å²) in [7, 11) is 0. The van der Waals surface area contributed by atoms with Crippen LogP contribution in [0.25, 0.3) is 198 Å². The van der Waals surface area contributed by atoms with Gasteiger partial charge in [0.2, 0.25) is 0 Å². The van der Waals surface area contributed by atoms with E-state index in [4.69, 9.17) is 17.7 Å². The maximum Gasteiger partial charge on any atom is 0.143 e. The molecule has 8 heteroatoms. The van der Waals surface area contributed by atoms with Gasteiger partial charge in [0.05, 0.1) is 90.7 Å². The zero-order chi connectivity index (χ0) is 74.0. The Hall–Kier alpha value is -15.1. The molecule has 8 heterocycles. The summed E-state index contributed by atoms with van der Waals surface area (Å²) in [6.45, 7) is 0. The van der Waals surface area contributed by atoms with Gasteiger partial charge in [-0.3, -0.25) is 0 Å². The molecule has 0 saturated carbocycles. The lowest BCUT2D eigenvalue weighted by molar-refractivity contribution is 0.619. The lowest BCUT2D eigenvalue weighted by Crippen LogP contribution is -1.96. The Morgan fingerprint density at radius 1 is 0.152 bits per heavy atom. The number of nitrogens with zero attached hydrogens (tertiary/aromatic N) is 4. The molecule has 8 aromatic heterocycles. The highest BCUT2D eigenvalue weighted by Gasteiger charge is 2.22. The fraction of sp³-hybridized carbons (Fsp3) is 0. The summed E-state index contributed by atoms with van der Waals surface area (Å²) >= 11 is 0. The third kappa shape index (κ3) is 11.2. The maximum atomic E-state index is 5.96. The molecule has 0 aliphatic heterocycles. The van der Waals surface area contributed by atoms with Gasteiger partial charge < -0.3 is 35.9 Å². The maximum absolute atomic E-state index is 5.96. The van der Waals surface area contributed by atoms with Crippen molar-refractivity contribution in [3.05, 3.63) is 413 Å². The van der Waals surface area contributed by atoms with Crippen molar-refractivity contribution < 1.29 is 17.7 Å². The molecule has 0 aliphatic rings. The van der Waals surface area contributed by atoms with Crippen LogP contribution in [-0.2, 0) is 0 Å². The van der Waals surface area contributed by atoms with E-state index in [1.54, 1.807) is 25.1 Å². The number of rotatable bonds is 8. The van der Waals surface area contributed by atoms with Crippen molar-refractivity contribution in [1.29, 1.82) is 0 Å². The summed E-state index contributed by atoms with van der Waals surface area (Å²) in [6.07, 6.45) is 7.08. The van der Waals surface area contributed by atoms with Crippen molar-refractivity contribution in [2.75, 3.05) is 0 Å². The first-order valence-electron chi connectivity index (χ1n) is 37.8. The Kier molecular flexibility index (Phi) is 16.1. The van der Waals surface area contributed by atoms with E-state index in [1.807, 2.05) is 36.4 Å². The van der Waals surface area contributed by atoms with E-state index >= 15 is 0 Å². The van der Waals surface area contributed by atoms with Crippen LogP contribution in [0.5, 0.6) is 0 Å². The minimum absolute atomic E-state index is 0.940. The van der Waals surface area contributed by atoms with E-state index < -0.39 is 0 Å². The summed E-state index contributed by atoms with van der Waals surface area (Å²) in [4.78, 5) is 0. The van der Waals surface area contributed by atoms with Crippen molar-refractivity contribution >= 4 is 131 Å².